The lowest BCUT2D eigenvalue weighted by Gasteiger charge is -2.01. The summed E-state index contributed by atoms with van der Waals surface area (Å²) >= 11 is 0. The molecule has 6 heteroatoms. The number of benzene rings is 2. The lowest BCUT2D eigenvalue weighted by molar-refractivity contribution is -0.114. The number of aliphatic imine (C=N–C) groups is 1. The predicted octanol–water partition coefficient (Wildman–Crippen LogP) is 4.06. The second-order valence-corrected chi connectivity index (χ2v) is 5.56. The standard InChI is InChI=1S/C19H17N3O3/c1-12-3-5-14(6-4-12)18-22-17(19(24)25-18)11-20-15-7-9-16(10-8-15)21-13(2)23/h3-11,24H,1-2H3,(H,21,23). The van der Waals surface area contributed by atoms with Crippen LogP contribution < -0.4 is 5.32 Å². The number of aromatic hydroxyl groups is 1. The third-order valence-electron chi connectivity index (χ3n) is 3.46. The van der Waals surface area contributed by atoms with E-state index in [9.17, 15) is 9.90 Å². The number of hydrogen-bond acceptors (Lipinski definition) is 5. The van der Waals surface area contributed by atoms with Crippen molar-refractivity contribution in [1.82, 2.24) is 4.98 Å². The van der Waals surface area contributed by atoms with Gasteiger partial charge in [0.05, 0.1) is 11.9 Å². The van der Waals surface area contributed by atoms with Gasteiger partial charge in [-0.15, -0.1) is 0 Å². The van der Waals surface area contributed by atoms with E-state index >= 15 is 0 Å². The van der Waals surface area contributed by atoms with E-state index in [1.165, 1.54) is 13.1 Å². The fraction of sp³-hybridized carbons (Fsp3) is 0.105. The Balaban J connectivity index is 1.77. The fourth-order valence-electron chi connectivity index (χ4n) is 2.20. The Morgan fingerprint density at radius 1 is 1.16 bits per heavy atom. The number of aryl methyl sites for hydroxylation is 1. The molecule has 1 heterocycles. The number of anilines is 1. The number of rotatable bonds is 4. The summed E-state index contributed by atoms with van der Waals surface area (Å²) in [6, 6.07) is 14.6. The second-order valence-electron chi connectivity index (χ2n) is 5.56. The second kappa shape index (κ2) is 7.00. The molecule has 0 atom stereocenters. The molecule has 0 aliphatic rings. The van der Waals surface area contributed by atoms with E-state index < -0.39 is 0 Å². The minimum absolute atomic E-state index is 0.132. The van der Waals surface area contributed by atoms with Gasteiger partial charge in [-0.2, -0.15) is 0 Å². The molecule has 2 N–H and O–H groups in total. The molecule has 1 aromatic heterocycles. The highest BCUT2D eigenvalue weighted by Crippen LogP contribution is 2.26. The number of nitrogens with zero attached hydrogens (tertiary/aromatic N) is 2. The number of aromatic nitrogens is 1. The van der Waals surface area contributed by atoms with Crippen molar-refractivity contribution >= 4 is 23.5 Å². The lowest BCUT2D eigenvalue weighted by atomic mass is 10.1. The molecule has 25 heavy (non-hydrogen) atoms. The van der Waals surface area contributed by atoms with Crippen LogP contribution in [-0.4, -0.2) is 22.2 Å². The van der Waals surface area contributed by atoms with Crippen LogP contribution in [0.3, 0.4) is 0 Å². The zero-order valence-corrected chi connectivity index (χ0v) is 13.9. The van der Waals surface area contributed by atoms with Crippen LogP contribution in [0, 0.1) is 6.92 Å². The van der Waals surface area contributed by atoms with E-state index in [2.05, 4.69) is 15.3 Å². The molecule has 126 valence electrons. The molecule has 1 amide bonds. The molecule has 0 saturated heterocycles. The topological polar surface area (TPSA) is 87.7 Å². The minimum Gasteiger partial charge on any atom is -0.479 e. The Hall–Kier alpha value is -3.41. The van der Waals surface area contributed by atoms with Crippen molar-refractivity contribution in [3.8, 4) is 17.4 Å². The molecule has 3 rings (SSSR count). The quantitative estimate of drug-likeness (QED) is 0.704. The fourth-order valence-corrected chi connectivity index (χ4v) is 2.20. The normalized spacial score (nSPS) is 11.0. The number of amides is 1. The summed E-state index contributed by atoms with van der Waals surface area (Å²) in [6.45, 7) is 3.44. The smallest absolute Gasteiger partial charge is 0.312 e. The molecule has 0 aliphatic heterocycles. The first-order valence-electron chi connectivity index (χ1n) is 7.70. The van der Waals surface area contributed by atoms with E-state index in [1.54, 1.807) is 24.3 Å². The number of hydrogen-bond donors (Lipinski definition) is 2. The van der Waals surface area contributed by atoms with Gasteiger partial charge >= 0.3 is 5.95 Å². The highest BCUT2D eigenvalue weighted by atomic mass is 16.5. The maximum absolute atomic E-state index is 11.0. The Kier molecular flexibility index (Phi) is 4.61. The molecule has 0 unspecified atom stereocenters. The zero-order valence-electron chi connectivity index (χ0n) is 13.9. The van der Waals surface area contributed by atoms with E-state index in [4.69, 9.17) is 4.42 Å². The van der Waals surface area contributed by atoms with Crippen LogP contribution in [0.2, 0.25) is 0 Å². The van der Waals surface area contributed by atoms with Crippen molar-refractivity contribution < 1.29 is 14.3 Å². The van der Waals surface area contributed by atoms with Crippen molar-refractivity contribution in [3.05, 3.63) is 59.8 Å². The summed E-state index contributed by atoms with van der Waals surface area (Å²) in [5, 5.41) is 12.6. The van der Waals surface area contributed by atoms with Gasteiger partial charge in [0.25, 0.3) is 0 Å². The van der Waals surface area contributed by atoms with Gasteiger partial charge in [-0.25, -0.2) is 4.98 Å². The highest BCUT2D eigenvalue weighted by molar-refractivity contribution is 5.89. The maximum Gasteiger partial charge on any atom is 0.312 e. The highest BCUT2D eigenvalue weighted by Gasteiger charge is 2.12. The van der Waals surface area contributed by atoms with Crippen LogP contribution in [0.5, 0.6) is 5.95 Å². The molecule has 6 nitrogen and oxygen atoms in total. The van der Waals surface area contributed by atoms with Crippen LogP contribution in [0.4, 0.5) is 11.4 Å². The monoisotopic (exact) mass is 335 g/mol. The average molecular weight is 335 g/mol. The molecule has 2 aromatic carbocycles. The van der Waals surface area contributed by atoms with Gasteiger partial charge in [0.1, 0.15) is 0 Å². The summed E-state index contributed by atoms with van der Waals surface area (Å²) < 4.78 is 5.30. The van der Waals surface area contributed by atoms with Crippen LogP contribution in [0.15, 0.2) is 57.9 Å². The molecular weight excluding hydrogens is 318 g/mol. The Bertz CT molecular complexity index is 910. The molecule has 0 radical (unpaired) electrons. The first kappa shape index (κ1) is 16.4. The van der Waals surface area contributed by atoms with E-state index in [0.29, 0.717) is 17.3 Å². The van der Waals surface area contributed by atoms with Crippen molar-refractivity contribution in [2.75, 3.05) is 5.32 Å². The molecule has 0 bridgehead atoms. The Morgan fingerprint density at radius 3 is 2.48 bits per heavy atom. The summed E-state index contributed by atoms with van der Waals surface area (Å²) in [5.74, 6) is -0.0819. The lowest BCUT2D eigenvalue weighted by Crippen LogP contribution is -2.04. The van der Waals surface area contributed by atoms with E-state index in [0.717, 1.165) is 11.1 Å². The average Bonchev–Trinajstić information content (AvgIpc) is 2.95. The van der Waals surface area contributed by atoms with Gasteiger partial charge in [0.2, 0.25) is 11.8 Å². The molecular formula is C19H17N3O3. The van der Waals surface area contributed by atoms with Crippen molar-refractivity contribution in [2.45, 2.75) is 13.8 Å². The van der Waals surface area contributed by atoms with Crippen LogP contribution >= 0.6 is 0 Å². The van der Waals surface area contributed by atoms with Crippen LogP contribution in [0.25, 0.3) is 11.5 Å². The first-order chi connectivity index (χ1) is 12.0. The van der Waals surface area contributed by atoms with Gasteiger partial charge in [-0.3, -0.25) is 9.79 Å². The number of nitrogens with one attached hydrogen (secondary N) is 1. The summed E-state index contributed by atoms with van der Waals surface area (Å²) in [5.41, 5.74) is 3.51. The van der Waals surface area contributed by atoms with Crippen molar-refractivity contribution in [2.24, 2.45) is 4.99 Å². The van der Waals surface area contributed by atoms with E-state index in [-0.39, 0.29) is 17.5 Å². The predicted molar refractivity (Wildman–Crippen MR) is 96.3 cm³/mol. The summed E-state index contributed by atoms with van der Waals surface area (Å²) in [4.78, 5) is 19.5. The summed E-state index contributed by atoms with van der Waals surface area (Å²) in [7, 11) is 0. The number of carbonyl (C=O) groups excluding carboxylic acids is 1. The van der Waals surface area contributed by atoms with Crippen molar-refractivity contribution in [3.63, 3.8) is 0 Å². The third kappa shape index (κ3) is 4.11. The molecule has 0 spiro atoms. The van der Waals surface area contributed by atoms with Crippen LogP contribution in [-0.2, 0) is 4.79 Å². The van der Waals surface area contributed by atoms with Gasteiger partial charge < -0.3 is 14.8 Å². The van der Waals surface area contributed by atoms with Gasteiger partial charge in [-0.1, -0.05) is 17.7 Å². The molecule has 3 aromatic rings. The molecule has 0 fully saturated rings. The zero-order chi connectivity index (χ0) is 17.8. The third-order valence-corrected chi connectivity index (χ3v) is 3.46. The molecule has 0 aliphatic carbocycles. The Morgan fingerprint density at radius 2 is 1.84 bits per heavy atom. The number of oxazole rings is 1. The van der Waals surface area contributed by atoms with Gasteiger partial charge in [-0.05, 0) is 43.3 Å². The van der Waals surface area contributed by atoms with E-state index in [1.807, 2.05) is 31.2 Å². The van der Waals surface area contributed by atoms with Crippen molar-refractivity contribution in [1.29, 1.82) is 0 Å². The van der Waals surface area contributed by atoms with Gasteiger partial charge in [0, 0.05) is 18.2 Å². The number of carbonyl (C=O) groups is 1. The Labute approximate surface area is 144 Å². The first-order valence-corrected chi connectivity index (χ1v) is 7.70. The summed E-state index contributed by atoms with van der Waals surface area (Å²) in [6.07, 6.45) is 1.43. The minimum atomic E-state index is -0.283. The maximum atomic E-state index is 11.0. The largest absolute Gasteiger partial charge is 0.479 e. The SMILES string of the molecule is CC(=O)Nc1ccc(N=Cc2nc(-c3ccc(C)cc3)oc2O)cc1. The molecule has 0 saturated carbocycles. The van der Waals surface area contributed by atoms with Crippen LogP contribution in [0.1, 0.15) is 18.2 Å². The van der Waals surface area contributed by atoms with Gasteiger partial charge in [0.15, 0.2) is 5.69 Å².